The van der Waals surface area contributed by atoms with Gasteiger partial charge in [-0.3, -0.25) is 10.4 Å². The Morgan fingerprint density at radius 2 is 1.86 bits per heavy atom. The summed E-state index contributed by atoms with van der Waals surface area (Å²) in [5.41, 5.74) is 2.70. The zero-order valence-corrected chi connectivity index (χ0v) is 12.5. The molecule has 1 atom stereocenters. The van der Waals surface area contributed by atoms with Crippen molar-refractivity contribution in [1.29, 1.82) is 5.41 Å². The maximum Gasteiger partial charge on any atom is 0.124 e. The Labute approximate surface area is 130 Å². The van der Waals surface area contributed by atoms with E-state index in [0.717, 1.165) is 16.8 Å². The normalized spacial score (nSPS) is 17.4. The van der Waals surface area contributed by atoms with Crippen LogP contribution < -0.4 is 0 Å². The summed E-state index contributed by atoms with van der Waals surface area (Å²) < 4.78 is 0. The molecule has 0 amide bonds. The lowest BCUT2D eigenvalue weighted by atomic mass is 9.98. The molecule has 3 rings (SSSR count). The maximum absolute atomic E-state index is 10.00. The number of para-hydroxylation sites is 1. The number of aromatic hydroxyl groups is 1. The quantitative estimate of drug-likeness (QED) is 0.674. The molecule has 0 aromatic heterocycles. The minimum absolute atomic E-state index is 0.185. The first-order chi connectivity index (χ1) is 10.6. The summed E-state index contributed by atoms with van der Waals surface area (Å²) in [5, 5.41) is 24.6. The van der Waals surface area contributed by atoms with E-state index < -0.39 is 0 Å². The van der Waals surface area contributed by atoms with Crippen LogP contribution in [0.1, 0.15) is 18.1 Å². The second-order valence-electron chi connectivity index (χ2n) is 5.59. The third-order valence-corrected chi connectivity index (χ3v) is 3.85. The van der Waals surface area contributed by atoms with Gasteiger partial charge in [0.2, 0.25) is 0 Å². The van der Waals surface area contributed by atoms with Crippen molar-refractivity contribution < 1.29 is 5.11 Å². The van der Waals surface area contributed by atoms with Crippen LogP contribution in [0.25, 0.3) is 0 Å². The highest BCUT2D eigenvalue weighted by Crippen LogP contribution is 2.25. The van der Waals surface area contributed by atoms with Crippen LogP contribution in [0.5, 0.6) is 5.75 Å². The molecule has 2 aromatic carbocycles. The molecule has 1 unspecified atom stereocenters. The molecule has 0 aliphatic carbocycles. The smallest absolute Gasteiger partial charge is 0.124 e. The van der Waals surface area contributed by atoms with Gasteiger partial charge in [0.15, 0.2) is 0 Å². The lowest BCUT2D eigenvalue weighted by molar-refractivity contribution is 0.446. The van der Waals surface area contributed by atoms with E-state index in [1.54, 1.807) is 17.1 Å². The molecule has 0 saturated heterocycles. The number of phenols is 1. The van der Waals surface area contributed by atoms with Crippen molar-refractivity contribution in [3.8, 4) is 5.75 Å². The van der Waals surface area contributed by atoms with Crippen LogP contribution in [0.4, 0.5) is 0 Å². The highest BCUT2D eigenvalue weighted by atomic mass is 16.3. The number of hydrazone groups is 1. The first-order valence-electron chi connectivity index (χ1n) is 7.41. The third kappa shape index (κ3) is 2.86. The van der Waals surface area contributed by atoms with Gasteiger partial charge in [0.25, 0.3) is 0 Å². The van der Waals surface area contributed by atoms with Crippen molar-refractivity contribution in [2.75, 3.05) is 6.54 Å². The van der Waals surface area contributed by atoms with Gasteiger partial charge < -0.3 is 5.11 Å². The Bertz CT molecular complexity index is 709. The minimum Gasteiger partial charge on any atom is -0.507 e. The first-order valence-corrected chi connectivity index (χ1v) is 7.41. The van der Waals surface area contributed by atoms with Crippen LogP contribution >= 0.6 is 0 Å². The Morgan fingerprint density at radius 1 is 1.18 bits per heavy atom. The molecule has 22 heavy (non-hydrogen) atoms. The van der Waals surface area contributed by atoms with Crippen molar-refractivity contribution in [3.63, 3.8) is 0 Å². The highest BCUT2D eigenvalue weighted by Gasteiger charge is 2.27. The largest absolute Gasteiger partial charge is 0.507 e. The summed E-state index contributed by atoms with van der Waals surface area (Å²) in [7, 11) is 0. The molecule has 2 aromatic rings. The van der Waals surface area contributed by atoms with Crippen LogP contribution in [0.15, 0.2) is 59.7 Å². The van der Waals surface area contributed by atoms with Crippen molar-refractivity contribution in [1.82, 2.24) is 5.01 Å². The van der Waals surface area contributed by atoms with Crippen LogP contribution in [-0.4, -0.2) is 28.2 Å². The van der Waals surface area contributed by atoms with E-state index in [2.05, 4.69) is 12.0 Å². The van der Waals surface area contributed by atoms with E-state index in [-0.39, 0.29) is 11.7 Å². The molecule has 1 heterocycles. The van der Waals surface area contributed by atoms with Crippen molar-refractivity contribution >= 4 is 11.5 Å². The summed E-state index contributed by atoms with van der Waals surface area (Å²) in [6.45, 7) is 2.75. The van der Waals surface area contributed by atoms with E-state index in [9.17, 15) is 5.11 Å². The molecule has 4 heteroatoms. The number of amidine groups is 1. The van der Waals surface area contributed by atoms with Crippen LogP contribution in [0, 0.1) is 11.3 Å². The fourth-order valence-electron chi connectivity index (χ4n) is 2.68. The number of rotatable bonds is 3. The summed E-state index contributed by atoms with van der Waals surface area (Å²) in [6.07, 6.45) is 0.561. The number of nitrogens with zero attached hydrogens (tertiary/aromatic N) is 2. The average molecular weight is 293 g/mol. The van der Waals surface area contributed by atoms with Gasteiger partial charge in [0, 0.05) is 17.9 Å². The Hall–Kier alpha value is -2.62. The Kier molecular flexibility index (Phi) is 3.92. The summed E-state index contributed by atoms with van der Waals surface area (Å²) in [5.74, 6) is 0.900. The van der Waals surface area contributed by atoms with Crippen molar-refractivity contribution in [2.24, 2.45) is 11.0 Å². The van der Waals surface area contributed by atoms with E-state index in [1.807, 2.05) is 42.5 Å². The lowest BCUT2D eigenvalue weighted by Crippen LogP contribution is -2.26. The standard InChI is InChI=1S/C18H19N3O/c1-13-12-21(17(19)11-14-7-3-2-4-8-14)20-18(13)15-9-5-6-10-16(15)22/h2-10,13,19,22H,11-12H2,1H3. The van der Waals surface area contributed by atoms with Crippen molar-refractivity contribution in [2.45, 2.75) is 13.3 Å². The number of nitrogens with one attached hydrogen (secondary N) is 1. The van der Waals surface area contributed by atoms with Crippen LogP contribution in [0.2, 0.25) is 0 Å². The van der Waals surface area contributed by atoms with Gasteiger partial charge in [-0.25, -0.2) is 0 Å². The summed E-state index contributed by atoms with van der Waals surface area (Å²) in [6, 6.07) is 17.2. The van der Waals surface area contributed by atoms with E-state index >= 15 is 0 Å². The molecule has 0 bridgehead atoms. The van der Waals surface area contributed by atoms with Gasteiger partial charge in [-0.15, -0.1) is 0 Å². The second kappa shape index (κ2) is 6.02. The van der Waals surface area contributed by atoms with E-state index in [1.165, 1.54) is 0 Å². The lowest BCUT2D eigenvalue weighted by Gasteiger charge is -2.15. The van der Waals surface area contributed by atoms with E-state index in [0.29, 0.717) is 18.8 Å². The van der Waals surface area contributed by atoms with Crippen molar-refractivity contribution in [3.05, 3.63) is 65.7 Å². The predicted octanol–water partition coefficient (Wildman–Crippen LogP) is 3.27. The molecule has 1 aliphatic rings. The highest BCUT2D eigenvalue weighted by molar-refractivity contribution is 6.06. The van der Waals surface area contributed by atoms with Gasteiger partial charge in [-0.05, 0) is 17.7 Å². The fraction of sp³-hybridized carbons (Fsp3) is 0.222. The fourth-order valence-corrected chi connectivity index (χ4v) is 2.68. The molecular formula is C18H19N3O. The van der Waals surface area contributed by atoms with Crippen LogP contribution in [-0.2, 0) is 6.42 Å². The van der Waals surface area contributed by atoms with Crippen LogP contribution in [0.3, 0.4) is 0 Å². The Morgan fingerprint density at radius 3 is 2.59 bits per heavy atom. The maximum atomic E-state index is 10.00. The molecule has 0 radical (unpaired) electrons. The van der Waals surface area contributed by atoms with Gasteiger partial charge in [-0.2, -0.15) is 5.10 Å². The third-order valence-electron chi connectivity index (χ3n) is 3.85. The molecule has 0 spiro atoms. The molecule has 1 aliphatic heterocycles. The predicted molar refractivity (Wildman–Crippen MR) is 88.4 cm³/mol. The van der Waals surface area contributed by atoms with Gasteiger partial charge in [-0.1, -0.05) is 49.4 Å². The molecule has 112 valence electrons. The summed E-state index contributed by atoms with van der Waals surface area (Å²) in [4.78, 5) is 0. The number of hydrogen-bond acceptors (Lipinski definition) is 3. The minimum atomic E-state index is 0.185. The number of benzene rings is 2. The molecule has 4 nitrogen and oxygen atoms in total. The van der Waals surface area contributed by atoms with Gasteiger partial charge in [0.1, 0.15) is 11.6 Å². The Balaban J connectivity index is 1.79. The molecule has 0 saturated carbocycles. The summed E-state index contributed by atoms with van der Waals surface area (Å²) >= 11 is 0. The first kappa shape index (κ1) is 14.3. The SMILES string of the molecule is CC1CN(C(=N)Cc2ccccc2)N=C1c1ccccc1O. The zero-order valence-electron chi connectivity index (χ0n) is 12.5. The molecular weight excluding hydrogens is 274 g/mol. The molecule has 0 fully saturated rings. The second-order valence-corrected chi connectivity index (χ2v) is 5.59. The topological polar surface area (TPSA) is 59.7 Å². The molecule has 2 N–H and O–H groups in total. The number of phenolic OH excluding ortho intramolecular Hbond substituents is 1. The van der Waals surface area contributed by atoms with Gasteiger partial charge in [0.05, 0.1) is 12.3 Å². The van der Waals surface area contributed by atoms with E-state index in [4.69, 9.17) is 5.41 Å². The zero-order chi connectivity index (χ0) is 15.5. The van der Waals surface area contributed by atoms with Gasteiger partial charge >= 0.3 is 0 Å². The monoisotopic (exact) mass is 293 g/mol. The number of hydrogen-bond donors (Lipinski definition) is 2. The average Bonchev–Trinajstić information content (AvgIpc) is 2.91.